The minimum Gasteiger partial charge on any atom is -0.465 e. The van der Waals surface area contributed by atoms with Crippen molar-refractivity contribution in [2.24, 2.45) is 0 Å². The molecule has 3 rings (SSSR count). The van der Waals surface area contributed by atoms with Gasteiger partial charge in [0, 0.05) is 12.2 Å². The van der Waals surface area contributed by atoms with Gasteiger partial charge in [0.25, 0.3) is 11.8 Å². The van der Waals surface area contributed by atoms with Crippen molar-refractivity contribution in [3.63, 3.8) is 0 Å². The number of halogens is 1. The Morgan fingerprint density at radius 3 is 2.72 bits per heavy atom. The molecule has 0 aliphatic heterocycles. The van der Waals surface area contributed by atoms with Crippen LogP contribution in [0.5, 0.6) is 5.88 Å². The standard InChI is InChI=1S/C17H18ClN5O2/c1-12(2)22-9-13(8-19-22)20-16(24)11-25-17-15(18)10-23(21-17)14-6-4-3-5-7-14/h3-10,12H,11H2,1-2H3,(H,20,24). The normalized spacial score (nSPS) is 10.9. The molecule has 0 radical (unpaired) electrons. The van der Waals surface area contributed by atoms with E-state index < -0.39 is 0 Å². The molecule has 2 heterocycles. The molecule has 0 fully saturated rings. The molecule has 0 spiro atoms. The van der Waals surface area contributed by atoms with E-state index in [4.69, 9.17) is 16.3 Å². The van der Waals surface area contributed by atoms with Crippen LogP contribution in [-0.4, -0.2) is 32.1 Å². The second-order valence-corrected chi connectivity index (χ2v) is 6.11. The van der Waals surface area contributed by atoms with Gasteiger partial charge in [0.15, 0.2) is 6.61 Å². The van der Waals surface area contributed by atoms with Crippen LogP contribution >= 0.6 is 11.6 Å². The van der Waals surface area contributed by atoms with Crippen molar-refractivity contribution >= 4 is 23.2 Å². The summed E-state index contributed by atoms with van der Waals surface area (Å²) < 4.78 is 8.78. The van der Waals surface area contributed by atoms with Crippen molar-refractivity contribution in [2.75, 3.05) is 11.9 Å². The van der Waals surface area contributed by atoms with E-state index in [0.717, 1.165) is 5.69 Å². The SMILES string of the molecule is CC(C)n1cc(NC(=O)COc2nn(-c3ccccc3)cc2Cl)cn1. The summed E-state index contributed by atoms with van der Waals surface area (Å²) in [6.07, 6.45) is 4.99. The van der Waals surface area contributed by atoms with E-state index >= 15 is 0 Å². The van der Waals surface area contributed by atoms with Gasteiger partial charge in [0.1, 0.15) is 5.02 Å². The molecule has 3 aromatic rings. The summed E-state index contributed by atoms with van der Waals surface area (Å²) in [6, 6.07) is 9.73. The fraction of sp³-hybridized carbons (Fsp3) is 0.235. The Morgan fingerprint density at radius 1 is 1.28 bits per heavy atom. The van der Waals surface area contributed by atoms with Crippen molar-refractivity contribution < 1.29 is 9.53 Å². The van der Waals surface area contributed by atoms with Crippen LogP contribution in [0.1, 0.15) is 19.9 Å². The van der Waals surface area contributed by atoms with Gasteiger partial charge >= 0.3 is 0 Å². The van der Waals surface area contributed by atoms with Crippen LogP contribution in [-0.2, 0) is 4.79 Å². The number of hydrogen-bond donors (Lipinski definition) is 1. The van der Waals surface area contributed by atoms with Gasteiger partial charge in [-0.1, -0.05) is 29.8 Å². The van der Waals surface area contributed by atoms with Crippen molar-refractivity contribution in [3.8, 4) is 11.6 Å². The largest absolute Gasteiger partial charge is 0.465 e. The Morgan fingerprint density at radius 2 is 2.04 bits per heavy atom. The molecule has 0 saturated carbocycles. The summed E-state index contributed by atoms with van der Waals surface area (Å²) in [4.78, 5) is 12.0. The minimum atomic E-state index is -0.311. The summed E-state index contributed by atoms with van der Waals surface area (Å²) in [5.74, 6) is -0.104. The van der Waals surface area contributed by atoms with Gasteiger partial charge in [-0.2, -0.15) is 5.10 Å². The monoisotopic (exact) mass is 359 g/mol. The molecule has 0 unspecified atom stereocenters. The number of para-hydroxylation sites is 1. The maximum atomic E-state index is 12.0. The quantitative estimate of drug-likeness (QED) is 0.732. The first kappa shape index (κ1) is 17.0. The van der Waals surface area contributed by atoms with Crippen LogP contribution in [0.2, 0.25) is 5.02 Å². The van der Waals surface area contributed by atoms with Crippen LogP contribution < -0.4 is 10.1 Å². The summed E-state index contributed by atoms with van der Waals surface area (Å²) in [7, 11) is 0. The van der Waals surface area contributed by atoms with Crippen molar-refractivity contribution in [2.45, 2.75) is 19.9 Å². The van der Waals surface area contributed by atoms with Crippen LogP contribution in [0, 0.1) is 0 Å². The van der Waals surface area contributed by atoms with Gasteiger partial charge in [-0.05, 0) is 26.0 Å². The number of hydrogen-bond acceptors (Lipinski definition) is 4. The predicted octanol–water partition coefficient (Wildman–Crippen LogP) is 3.32. The molecule has 1 amide bonds. The number of carbonyl (C=O) groups excluding carboxylic acids is 1. The zero-order valence-corrected chi connectivity index (χ0v) is 14.6. The lowest BCUT2D eigenvalue weighted by Crippen LogP contribution is -2.20. The Bertz CT molecular complexity index is 857. The van der Waals surface area contributed by atoms with E-state index in [2.05, 4.69) is 15.5 Å². The van der Waals surface area contributed by atoms with Gasteiger partial charge in [-0.3, -0.25) is 9.48 Å². The highest BCUT2D eigenvalue weighted by atomic mass is 35.5. The van der Waals surface area contributed by atoms with Gasteiger partial charge in [-0.15, -0.1) is 5.10 Å². The number of anilines is 1. The molecule has 130 valence electrons. The maximum absolute atomic E-state index is 12.0. The van der Waals surface area contributed by atoms with Crippen molar-refractivity contribution in [1.82, 2.24) is 19.6 Å². The summed E-state index contributed by atoms with van der Waals surface area (Å²) >= 11 is 6.12. The maximum Gasteiger partial charge on any atom is 0.262 e. The second kappa shape index (κ2) is 7.40. The minimum absolute atomic E-state index is 0.196. The fourth-order valence-electron chi connectivity index (χ4n) is 2.16. The van der Waals surface area contributed by atoms with Crippen molar-refractivity contribution in [3.05, 3.63) is 53.9 Å². The van der Waals surface area contributed by atoms with E-state index in [1.807, 2.05) is 44.2 Å². The average Bonchev–Trinajstić information content (AvgIpc) is 3.21. The highest BCUT2D eigenvalue weighted by Crippen LogP contribution is 2.24. The first-order chi connectivity index (χ1) is 12.0. The van der Waals surface area contributed by atoms with E-state index in [1.165, 1.54) is 0 Å². The first-order valence-corrected chi connectivity index (χ1v) is 8.18. The topological polar surface area (TPSA) is 74.0 Å². The van der Waals surface area contributed by atoms with E-state index in [0.29, 0.717) is 10.7 Å². The molecule has 0 aliphatic carbocycles. The third-order valence-corrected chi connectivity index (χ3v) is 3.67. The van der Waals surface area contributed by atoms with Gasteiger partial charge in [0.2, 0.25) is 0 Å². The van der Waals surface area contributed by atoms with E-state index in [-0.39, 0.29) is 24.4 Å². The van der Waals surface area contributed by atoms with Gasteiger partial charge in [-0.25, -0.2) is 4.68 Å². The molecule has 0 atom stereocenters. The molecular weight excluding hydrogens is 342 g/mol. The molecule has 1 aromatic carbocycles. The molecule has 8 heteroatoms. The Labute approximate surface area is 150 Å². The molecule has 2 aromatic heterocycles. The molecule has 0 bridgehead atoms. The first-order valence-electron chi connectivity index (χ1n) is 7.80. The zero-order valence-electron chi connectivity index (χ0n) is 13.9. The number of aromatic nitrogens is 4. The number of ether oxygens (including phenoxy) is 1. The highest BCUT2D eigenvalue weighted by molar-refractivity contribution is 6.31. The Hall–Kier alpha value is -2.80. The van der Waals surface area contributed by atoms with Crippen LogP contribution in [0.3, 0.4) is 0 Å². The van der Waals surface area contributed by atoms with Crippen molar-refractivity contribution in [1.29, 1.82) is 0 Å². The van der Waals surface area contributed by atoms with Crippen LogP contribution in [0.25, 0.3) is 5.69 Å². The molecule has 0 saturated heterocycles. The lowest BCUT2D eigenvalue weighted by atomic mass is 10.3. The highest BCUT2D eigenvalue weighted by Gasteiger charge is 2.12. The number of nitrogens with one attached hydrogen (secondary N) is 1. The van der Waals surface area contributed by atoms with Gasteiger partial charge < -0.3 is 10.1 Å². The second-order valence-electron chi connectivity index (χ2n) is 5.70. The van der Waals surface area contributed by atoms with Crippen LogP contribution in [0.15, 0.2) is 48.9 Å². The average molecular weight is 360 g/mol. The molecule has 0 aliphatic rings. The Kier molecular flexibility index (Phi) is 5.04. The third-order valence-electron chi connectivity index (χ3n) is 3.41. The number of rotatable bonds is 6. The molecular formula is C17H18ClN5O2. The Balaban J connectivity index is 1.59. The smallest absolute Gasteiger partial charge is 0.262 e. The van der Waals surface area contributed by atoms with E-state index in [1.54, 1.807) is 28.0 Å². The lowest BCUT2D eigenvalue weighted by Gasteiger charge is -2.05. The molecule has 25 heavy (non-hydrogen) atoms. The summed E-state index contributed by atoms with van der Waals surface area (Å²) in [5.41, 5.74) is 1.47. The van der Waals surface area contributed by atoms with Gasteiger partial charge in [0.05, 0.1) is 23.8 Å². The fourth-order valence-corrected chi connectivity index (χ4v) is 2.35. The van der Waals surface area contributed by atoms with E-state index in [9.17, 15) is 4.79 Å². The summed E-state index contributed by atoms with van der Waals surface area (Å²) in [6.45, 7) is 3.82. The molecule has 1 N–H and O–H groups in total. The zero-order chi connectivity index (χ0) is 17.8. The molecule has 7 nitrogen and oxygen atoms in total. The third kappa shape index (κ3) is 4.19. The number of amides is 1. The van der Waals surface area contributed by atoms with Crippen LogP contribution in [0.4, 0.5) is 5.69 Å². The number of benzene rings is 1. The number of carbonyl (C=O) groups is 1. The number of nitrogens with zero attached hydrogens (tertiary/aromatic N) is 4. The summed E-state index contributed by atoms with van der Waals surface area (Å²) in [5, 5.41) is 11.5. The predicted molar refractivity (Wildman–Crippen MR) is 95.3 cm³/mol. The lowest BCUT2D eigenvalue weighted by molar-refractivity contribution is -0.118.